The summed E-state index contributed by atoms with van der Waals surface area (Å²) in [4.78, 5) is 17.0. The van der Waals surface area contributed by atoms with Gasteiger partial charge in [0.2, 0.25) is 0 Å². The zero-order valence-corrected chi connectivity index (χ0v) is 18.8. The van der Waals surface area contributed by atoms with Gasteiger partial charge in [-0.3, -0.25) is 4.79 Å². The number of hydrogen-bond acceptors (Lipinski definition) is 7. The minimum atomic E-state index is 0.0949. The SMILES string of the molecule is Cn1c(CSCc2nc(-c3ccccc3)cs2)nnc1SCC(=O)c1ccccc1. The maximum Gasteiger partial charge on any atom is 0.191 e. The zero-order chi connectivity index (χ0) is 20.8. The van der Waals surface area contributed by atoms with Crippen LogP contribution in [0, 0.1) is 0 Å². The van der Waals surface area contributed by atoms with Gasteiger partial charge in [-0.15, -0.1) is 33.3 Å². The van der Waals surface area contributed by atoms with Crippen molar-refractivity contribution >= 4 is 40.6 Å². The minimum Gasteiger partial charge on any atom is -0.308 e. The molecule has 0 radical (unpaired) electrons. The molecule has 2 aromatic carbocycles. The van der Waals surface area contributed by atoms with Crippen LogP contribution in [0.1, 0.15) is 21.2 Å². The van der Waals surface area contributed by atoms with E-state index in [1.54, 1.807) is 23.1 Å². The van der Waals surface area contributed by atoms with Crippen molar-refractivity contribution < 1.29 is 4.79 Å². The molecule has 0 amide bonds. The van der Waals surface area contributed by atoms with Crippen LogP contribution in [0.4, 0.5) is 0 Å². The second-order valence-corrected chi connectivity index (χ2v) is 9.39. The molecule has 0 fully saturated rings. The molecule has 30 heavy (non-hydrogen) atoms. The van der Waals surface area contributed by atoms with E-state index in [0.717, 1.165) is 44.3 Å². The van der Waals surface area contributed by atoms with Crippen molar-refractivity contribution in [2.45, 2.75) is 16.7 Å². The average molecular weight is 453 g/mol. The zero-order valence-electron chi connectivity index (χ0n) is 16.4. The Morgan fingerprint density at radius 1 is 1.00 bits per heavy atom. The fourth-order valence-corrected chi connectivity index (χ4v) is 5.49. The van der Waals surface area contributed by atoms with Gasteiger partial charge >= 0.3 is 0 Å². The Morgan fingerprint density at radius 3 is 2.50 bits per heavy atom. The van der Waals surface area contributed by atoms with E-state index in [2.05, 4.69) is 27.7 Å². The summed E-state index contributed by atoms with van der Waals surface area (Å²) in [7, 11) is 1.95. The number of thioether (sulfide) groups is 2. The molecule has 5 nitrogen and oxygen atoms in total. The number of ketones is 1. The Bertz CT molecular complexity index is 1110. The number of thiazole rings is 1. The Morgan fingerprint density at radius 2 is 1.73 bits per heavy atom. The Labute approximate surface area is 188 Å². The third kappa shape index (κ3) is 5.19. The molecule has 0 bridgehead atoms. The van der Waals surface area contributed by atoms with Gasteiger partial charge in [-0.2, -0.15) is 0 Å². The summed E-state index contributed by atoms with van der Waals surface area (Å²) in [6.45, 7) is 0. The van der Waals surface area contributed by atoms with E-state index < -0.39 is 0 Å². The molecule has 4 aromatic rings. The normalized spacial score (nSPS) is 11.0. The molecule has 0 aliphatic heterocycles. The van der Waals surface area contributed by atoms with Gasteiger partial charge in [0.05, 0.1) is 17.2 Å². The van der Waals surface area contributed by atoms with Crippen LogP contribution in [0.25, 0.3) is 11.3 Å². The maximum atomic E-state index is 12.3. The summed E-state index contributed by atoms with van der Waals surface area (Å²) in [6.07, 6.45) is 0. The second-order valence-electron chi connectivity index (χ2n) is 6.52. The van der Waals surface area contributed by atoms with Crippen LogP contribution in [0.15, 0.2) is 71.2 Å². The van der Waals surface area contributed by atoms with E-state index in [1.165, 1.54) is 11.8 Å². The largest absolute Gasteiger partial charge is 0.308 e. The van der Waals surface area contributed by atoms with Gasteiger partial charge in [-0.1, -0.05) is 72.4 Å². The minimum absolute atomic E-state index is 0.0949. The van der Waals surface area contributed by atoms with Crippen LogP contribution < -0.4 is 0 Å². The lowest BCUT2D eigenvalue weighted by Crippen LogP contribution is -2.04. The summed E-state index contributed by atoms with van der Waals surface area (Å²) in [6, 6.07) is 19.6. The van der Waals surface area contributed by atoms with Crippen molar-refractivity contribution in [2.24, 2.45) is 7.05 Å². The summed E-state index contributed by atoms with van der Waals surface area (Å²) < 4.78 is 1.97. The first-order valence-electron chi connectivity index (χ1n) is 9.37. The first-order chi connectivity index (χ1) is 14.7. The molecule has 8 heteroatoms. The van der Waals surface area contributed by atoms with Crippen LogP contribution in [-0.4, -0.2) is 31.3 Å². The van der Waals surface area contributed by atoms with Gasteiger partial charge < -0.3 is 4.57 Å². The predicted octanol–water partition coefficient (Wildman–Crippen LogP) is 5.35. The molecule has 0 aliphatic rings. The molecule has 0 saturated carbocycles. The molecule has 2 heterocycles. The molecule has 0 atom stereocenters. The molecule has 0 spiro atoms. The molecule has 0 saturated heterocycles. The highest BCUT2D eigenvalue weighted by Gasteiger charge is 2.13. The first kappa shape index (κ1) is 20.8. The van der Waals surface area contributed by atoms with Crippen LogP contribution in [0.3, 0.4) is 0 Å². The van der Waals surface area contributed by atoms with Crippen LogP contribution >= 0.6 is 34.9 Å². The molecule has 4 rings (SSSR count). The lowest BCUT2D eigenvalue weighted by molar-refractivity contribution is 0.102. The molecule has 0 aliphatic carbocycles. The van der Waals surface area contributed by atoms with E-state index in [-0.39, 0.29) is 5.78 Å². The van der Waals surface area contributed by atoms with Crippen LogP contribution in [0.2, 0.25) is 0 Å². The van der Waals surface area contributed by atoms with Crippen molar-refractivity contribution in [1.82, 2.24) is 19.7 Å². The number of hydrogen-bond donors (Lipinski definition) is 0. The standard InChI is InChI=1S/C22H20N4OS3/c1-26-20(24-25-22(26)30-13-19(27)17-10-6-3-7-11-17)14-28-15-21-23-18(12-29-21)16-8-4-2-5-9-16/h2-12H,13-15H2,1H3. The highest BCUT2D eigenvalue weighted by molar-refractivity contribution is 7.99. The summed E-state index contributed by atoms with van der Waals surface area (Å²) in [5, 5.41) is 12.5. The number of carbonyl (C=O) groups is 1. The number of nitrogens with zero attached hydrogens (tertiary/aromatic N) is 4. The van der Waals surface area contributed by atoms with E-state index in [4.69, 9.17) is 4.98 Å². The summed E-state index contributed by atoms with van der Waals surface area (Å²) in [5.41, 5.74) is 2.89. The molecule has 0 unspecified atom stereocenters. The fourth-order valence-electron chi connectivity index (χ4n) is 2.78. The highest BCUT2D eigenvalue weighted by atomic mass is 32.2. The van der Waals surface area contributed by atoms with Crippen molar-refractivity contribution in [3.8, 4) is 11.3 Å². The summed E-state index contributed by atoms with van der Waals surface area (Å²) in [5.74, 6) is 2.92. The number of benzene rings is 2. The number of Topliss-reactive ketones (excluding diaryl/α,β-unsaturated/α-hetero) is 1. The summed E-state index contributed by atoms with van der Waals surface area (Å²) >= 11 is 4.87. The van der Waals surface area contributed by atoms with Gasteiger partial charge in [-0.05, 0) is 0 Å². The Kier molecular flexibility index (Phi) is 6.99. The smallest absolute Gasteiger partial charge is 0.191 e. The molecule has 152 valence electrons. The molecule has 0 N–H and O–H groups in total. The number of rotatable bonds is 9. The lowest BCUT2D eigenvalue weighted by Gasteiger charge is -2.03. The average Bonchev–Trinajstić information content (AvgIpc) is 3.40. The Hall–Kier alpha value is -2.42. The van der Waals surface area contributed by atoms with E-state index in [9.17, 15) is 4.79 Å². The Balaban J connectivity index is 1.28. The van der Waals surface area contributed by atoms with Crippen LogP contribution in [-0.2, 0) is 18.6 Å². The van der Waals surface area contributed by atoms with Gasteiger partial charge in [0.1, 0.15) is 10.8 Å². The van der Waals surface area contributed by atoms with Gasteiger partial charge in [0.15, 0.2) is 10.9 Å². The van der Waals surface area contributed by atoms with E-state index in [0.29, 0.717) is 5.75 Å². The van der Waals surface area contributed by atoms with Gasteiger partial charge in [0.25, 0.3) is 0 Å². The molecule has 2 aromatic heterocycles. The maximum absolute atomic E-state index is 12.3. The molecular formula is C22H20N4OS3. The molecular weight excluding hydrogens is 432 g/mol. The van der Waals surface area contributed by atoms with Gasteiger partial charge in [-0.25, -0.2) is 4.98 Å². The third-order valence-corrected chi connectivity index (χ3v) is 7.42. The number of aromatic nitrogens is 4. The highest BCUT2D eigenvalue weighted by Crippen LogP contribution is 2.26. The third-order valence-electron chi connectivity index (χ3n) is 4.43. The number of carbonyl (C=O) groups excluding carboxylic acids is 1. The van der Waals surface area contributed by atoms with E-state index in [1.807, 2.05) is 60.1 Å². The monoisotopic (exact) mass is 452 g/mol. The second kappa shape index (κ2) is 10.1. The lowest BCUT2D eigenvalue weighted by atomic mass is 10.2. The van der Waals surface area contributed by atoms with Crippen LogP contribution in [0.5, 0.6) is 0 Å². The first-order valence-corrected chi connectivity index (χ1v) is 12.4. The topological polar surface area (TPSA) is 60.7 Å². The predicted molar refractivity (Wildman–Crippen MR) is 125 cm³/mol. The fraction of sp³-hybridized carbons (Fsp3) is 0.182. The van der Waals surface area contributed by atoms with Crippen molar-refractivity contribution in [3.05, 3.63) is 82.4 Å². The van der Waals surface area contributed by atoms with Gasteiger partial charge in [0, 0.05) is 29.3 Å². The van der Waals surface area contributed by atoms with Crippen molar-refractivity contribution in [2.75, 3.05) is 5.75 Å². The van der Waals surface area contributed by atoms with Crippen molar-refractivity contribution in [3.63, 3.8) is 0 Å². The quantitative estimate of drug-likeness (QED) is 0.252. The van der Waals surface area contributed by atoms with Crippen molar-refractivity contribution in [1.29, 1.82) is 0 Å². The van der Waals surface area contributed by atoms with E-state index >= 15 is 0 Å².